The Balaban J connectivity index is 1.94. The molecule has 1 unspecified atom stereocenters. The summed E-state index contributed by atoms with van der Waals surface area (Å²) in [6, 6.07) is 7.75. The van der Waals surface area contributed by atoms with Crippen molar-refractivity contribution in [2.24, 2.45) is 0 Å². The minimum Gasteiger partial charge on any atom is -0.311 e. The average molecular weight is 321 g/mol. The highest BCUT2D eigenvalue weighted by Gasteiger charge is 2.28. The standard InChI is InChI=1S/C13H13BrN4O/c1-8-15-13(17-16-8)9-3-2-4-11(5-9)18-7-10(14)6-12(18)19/h2-5,10H,6-7H2,1H3,(H,15,16,17). The van der Waals surface area contributed by atoms with Crippen molar-refractivity contribution >= 4 is 27.5 Å². The van der Waals surface area contributed by atoms with Gasteiger partial charge in [0, 0.05) is 29.0 Å². The van der Waals surface area contributed by atoms with Gasteiger partial charge in [-0.25, -0.2) is 4.98 Å². The van der Waals surface area contributed by atoms with E-state index in [1.165, 1.54) is 0 Å². The van der Waals surface area contributed by atoms with Crippen LogP contribution in [-0.4, -0.2) is 32.5 Å². The van der Waals surface area contributed by atoms with Gasteiger partial charge in [0.1, 0.15) is 5.82 Å². The molecule has 3 rings (SSSR count). The van der Waals surface area contributed by atoms with E-state index in [-0.39, 0.29) is 10.7 Å². The van der Waals surface area contributed by atoms with Gasteiger partial charge in [0.25, 0.3) is 0 Å². The lowest BCUT2D eigenvalue weighted by Gasteiger charge is -2.16. The van der Waals surface area contributed by atoms with Crippen molar-refractivity contribution in [3.63, 3.8) is 0 Å². The predicted octanol–water partition coefficient (Wildman–Crippen LogP) is 2.28. The molecule has 5 nitrogen and oxygen atoms in total. The van der Waals surface area contributed by atoms with Crippen LogP contribution in [0.1, 0.15) is 12.2 Å². The fourth-order valence-corrected chi connectivity index (χ4v) is 2.76. The zero-order valence-corrected chi connectivity index (χ0v) is 12.0. The summed E-state index contributed by atoms with van der Waals surface area (Å²) in [7, 11) is 0. The molecule has 1 aromatic heterocycles. The van der Waals surface area contributed by atoms with Crippen molar-refractivity contribution in [1.82, 2.24) is 15.2 Å². The van der Waals surface area contributed by atoms with Gasteiger partial charge in [0.2, 0.25) is 5.91 Å². The van der Waals surface area contributed by atoms with E-state index in [2.05, 4.69) is 31.1 Å². The summed E-state index contributed by atoms with van der Waals surface area (Å²) in [6.45, 7) is 2.56. The van der Waals surface area contributed by atoms with Crippen LogP contribution in [0.25, 0.3) is 11.4 Å². The van der Waals surface area contributed by atoms with Gasteiger partial charge in [0.15, 0.2) is 5.82 Å². The normalized spacial score (nSPS) is 19.2. The first-order valence-electron chi connectivity index (χ1n) is 6.07. The van der Waals surface area contributed by atoms with Gasteiger partial charge in [-0.05, 0) is 19.1 Å². The number of hydrogen-bond acceptors (Lipinski definition) is 3. The topological polar surface area (TPSA) is 61.9 Å². The molecule has 0 saturated carbocycles. The fourth-order valence-electron chi connectivity index (χ4n) is 2.20. The second-order valence-corrected chi connectivity index (χ2v) is 5.90. The lowest BCUT2D eigenvalue weighted by Crippen LogP contribution is -2.24. The highest BCUT2D eigenvalue weighted by Crippen LogP contribution is 2.28. The summed E-state index contributed by atoms with van der Waals surface area (Å²) in [6.07, 6.45) is 0.546. The Labute approximate surface area is 119 Å². The zero-order valence-electron chi connectivity index (χ0n) is 10.4. The van der Waals surface area contributed by atoms with Crippen LogP contribution in [0.4, 0.5) is 5.69 Å². The van der Waals surface area contributed by atoms with Crippen molar-refractivity contribution in [3.05, 3.63) is 30.1 Å². The molecule has 0 spiro atoms. The van der Waals surface area contributed by atoms with Crippen molar-refractivity contribution in [2.75, 3.05) is 11.4 Å². The number of anilines is 1. The summed E-state index contributed by atoms with van der Waals surface area (Å²) in [5, 5.41) is 6.96. The predicted molar refractivity (Wildman–Crippen MR) is 76.2 cm³/mol. The second-order valence-electron chi connectivity index (χ2n) is 4.60. The minimum atomic E-state index is 0.144. The molecule has 1 aliphatic rings. The number of aryl methyl sites for hydroxylation is 1. The minimum absolute atomic E-state index is 0.144. The van der Waals surface area contributed by atoms with Crippen molar-refractivity contribution in [3.8, 4) is 11.4 Å². The summed E-state index contributed by atoms with van der Waals surface area (Å²) in [4.78, 5) is 18.2. The van der Waals surface area contributed by atoms with E-state index in [1.807, 2.05) is 31.2 Å². The Morgan fingerprint density at radius 1 is 1.47 bits per heavy atom. The third-order valence-electron chi connectivity index (χ3n) is 3.09. The first-order chi connectivity index (χ1) is 9.13. The number of rotatable bonds is 2. The van der Waals surface area contributed by atoms with Crippen LogP contribution in [-0.2, 0) is 4.79 Å². The van der Waals surface area contributed by atoms with Gasteiger partial charge in [-0.15, -0.1) is 0 Å². The number of amides is 1. The molecule has 0 aliphatic carbocycles. The molecule has 1 fully saturated rings. The van der Waals surface area contributed by atoms with Crippen molar-refractivity contribution in [2.45, 2.75) is 18.2 Å². The highest BCUT2D eigenvalue weighted by molar-refractivity contribution is 9.09. The maximum Gasteiger partial charge on any atom is 0.228 e. The molecule has 1 atom stereocenters. The Morgan fingerprint density at radius 2 is 2.32 bits per heavy atom. The number of halogens is 1. The molecule has 1 N–H and O–H groups in total. The number of nitrogens with one attached hydrogen (secondary N) is 1. The van der Waals surface area contributed by atoms with Gasteiger partial charge >= 0.3 is 0 Å². The Bertz CT molecular complexity index is 625. The molecule has 1 amide bonds. The zero-order chi connectivity index (χ0) is 13.4. The summed E-state index contributed by atoms with van der Waals surface area (Å²) < 4.78 is 0. The van der Waals surface area contributed by atoms with Crippen LogP contribution >= 0.6 is 15.9 Å². The number of carbonyl (C=O) groups excluding carboxylic acids is 1. The first kappa shape index (κ1) is 12.3. The largest absolute Gasteiger partial charge is 0.311 e. The van der Waals surface area contributed by atoms with Crippen LogP contribution in [0.3, 0.4) is 0 Å². The number of aromatic amines is 1. The molecule has 6 heteroatoms. The van der Waals surface area contributed by atoms with E-state index in [4.69, 9.17) is 0 Å². The SMILES string of the molecule is Cc1nc(-c2cccc(N3CC(Br)CC3=O)c2)n[nH]1. The number of aromatic nitrogens is 3. The monoisotopic (exact) mass is 320 g/mol. The maximum absolute atomic E-state index is 11.9. The summed E-state index contributed by atoms with van der Waals surface area (Å²) in [5.74, 6) is 1.57. The van der Waals surface area contributed by atoms with Crippen LogP contribution < -0.4 is 4.90 Å². The lowest BCUT2D eigenvalue weighted by atomic mass is 10.2. The van der Waals surface area contributed by atoms with Gasteiger partial charge in [-0.3, -0.25) is 9.89 Å². The molecule has 0 radical (unpaired) electrons. The second kappa shape index (κ2) is 4.77. The summed E-state index contributed by atoms with van der Waals surface area (Å²) in [5.41, 5.74) is 1.81. The highest BCUT2D eigenvalue weighted by atomic mass is 79.9. The van der Waals surface area contributed by atoms with Crippen molar-refractivity contribution < 1.29 is 4.79 Å². The van der Waals surface area contributed by atoms with Crippen LogP contribution in [0.5, 0.6) is 0 Å². The first-order valence-corrected chi connectivity index (χ1v) is 6.99. The smallest absolute Gasteiger partial charge is 0.228 e. The number of alkyl halides is 1. The third kappa shape index (κ3) is 2.40. The lowest BCUT2D eigenvalue weighted by molar-refractivity contribution is -0.117. The number of carbonyl (C=O) groups is 1. The molecule has 2 aromatic rings. The van der Waals surface area contributed by atoms with Gasteiger partial charge in [0.05, 0.1) is 0 Å². The van der Waals surface area contributed by atoms with E-state index in [0.717, 1.165) is 17.1 Å². The van der Waals surface area contributed by atoms with E-state index in [0.29, 0.717) is 18.8 Å². The van der Waals surface area contributed by atoms with Crippen molar-refractivity contribution in [1.29, 1.82) is 0 Å². The molecule has 1 aromatic carbocycles. The Hall–Kier alpha value is -1.69. The molecule has 19 heavy (non-hydrogen) atoms. The molecular weight excluding hydrogens is 308 g/mol. The summed E-state index contributed by atoms with van der Waals surface area (Å²) >= 11 is 3.49. The van der Waals surface area contributed by atoms with Gasteiger partial charge in [-0.1, -0.05) is 28.1 Å². The van der Waals surface area contributed by atoms with Gasteiger partial charge in [-0.2, -0.15) is 5.10 Å². The van der Waals surface area contributed by atoms with Crippen LogP contribution in [0.2, 0.25) is 0 Å². The molecule has 1 aliphatic heterocycles. The number of benzene rings is 1. The molecule has 0 bridgehead atoms. The molecular formula is C13H13BrN4O. The third-order valence-corrected chi connectivity index (χ3v) is 3.70. The van der Waals surface area contributed by atoms with E-state index in [1.54, 1.807) is 4.90 Å². The van der Waals surface area contributed by atoms with E-state index in [9.17, 15) is 4.79 Å². The number of nitrogens with zero attached hydrogens (tertiary/aromatic N) is 3. The molecule has 2 heterocycles. The van der Waals surface area contributed by atoms with Gasteiger partial charge < -0.3 is 4.90 Å². The van der Waals surface area contributed by atoms with Crippen LogP contribution in [0.15, 0.2) is 24.3 Å². The fraction of sp³-hybridized carbons (Fsp3) is 0.308. The average Bonchev–Trinajstić information content (AvgIpc) is 2.96. The van der Waals surface area contributed by atoms with E-state index < -0.39 is 0 Å². The van der Waals surface area contributed by atoms with E-state index >= 15 is 0 Å². The Morgan fingerprint density at radius 3 is 2.95 bits per heavy atom. The maximum atomic E-state index is 11.9. The Kier molecular flexibility index (Phi) is 3.10. The number of H-pyrrole nitrogens is 1. The molecule has 98 valence electrons. The quantitative estimate of drug-likeness (QED) is 0.863. The van der Waals surface area contributed by atoms with Crippen LogP contribution in [0, 0.1) is 6.92 Å². The molecule has 1 saturated heterocycles. The number of hydrogen-bond donors (Lipinski definition) is 1.